The predicted molar refractivity (Wildman–Crippen MR) is 77.9 cm³/mol. The molecule has 0 aliphatic heterocycles. The minimum absolute atomic E-state index is 0.0726. The van der Waals surface area contributed by atoms with Crippen LogP contribution in [0.5, 0.6) is 0 Å². The Labute approximate surface area is 121 Å². The Kier molecular flexibility index (Phi) is 5.51. The van der Waals surface area contributed by atoms with E-state index >= 15 is 0 Å². The number of nitrogens with one attached hydrogen (secondary N) is 1. The molecule has 1 aliphatic rings. The van der Waals surface area contributed by atoms with Crippen molar-refractivity contribution < 1.29 is 4.74 Å². The average Bonchev–Trinajstić information content (AvgIpc) is 2.71. The van der Waals surface area contributed by atoms with Gasteiger partial charge in [-0.2, -0.15) is 5.10 Å². The minimum Gasteiger partial charge on any atom is -0.374 e. The number of hydrazine groups is 1. The highest BCUT2D eigenvalue weighted by molar-refractivity contribution is 5.00. The molecule has 1 atom stereocenters. The van der Waals surface area contributed by atoms with Crippen molar-refractivity contribution in [2.45, 2.75) is 63.5 Å². The Morgan fingerprint density at radius 2 is 2.10 bits per heavy atom. The highest BCUT2D eigenvalue weighted by Crippen LogP contribution is 2.34. The lowest BCUT2D eigenvalue weighted by atomic mass is 9.84. The summed E-state index contributed by atoms with van der Waals surface area (Å²) in [6, 6.07) is 0.0726. The van der Waals surface area contributed by atoms with Gasteiger partial charge in [0.15, 0.2) is 0 Å². The first-order valence-electron chi connectivity index (χ1n) is 7.65. The molecule has 1 aromatic heterocycles. The van der Waals surface area contributed by atoms with Crippen molar-refractivity contribution in [1.82, 2.24) is 20.2 Å². The van der Waals surface area contributed by atoms with Crippen LogP contribution < -0.4 is 11.3 Å². The average molecular weight is 281 g/mol. The molecule has 0 spiro atoms. The van der Waals surface area contributed by atoms with E-state index in [4.69, 9.17) is 10.6 Å². The molecule has 1 aromatic rings. The number of aromatic nitrogens is 3. The third-order valence-electron chi connectivity index (χ3n) is 4.41. The van der Waals surface area contributed by atoms with Crippen LogP contribution in [-0.4, -0.2) is 33.0 Å². The second-order valence-electron chi connectivity index (χ2n) is 5.64. The van der Waals surface area contributed by atoms with Crippen molar-refractivity contribution in [3.63, 3.8) is 0 Å². The maximum absolute atomic E-state index is 6.19. The fraction of sp³-hybridized carbons (Fsp3) is 0.857. The summed E-state index contributed by atoms with van der Waals surface area (Å²) in [4.78, 5) is 4.31. The van der Waals surface area contributed by atoms with Crippen LogP contribution in [0.25, 0.3) is 0 Å². The van der Waals surface area contributed by atoms with Gasteiger partial charge in [-0.3, -0.25) is 16.0 Å². The van der Waals surface area contributed by atoms with Crippen molar-refractivity contribution in [3.8, 4) is 0 Å². The molecule has 0 saturated heterocycles. The summed E-state index contributed by atoms with van der Waals surface area (Å²) in [5.74, 6) is 6.79. The molecule has 6 nitrogen and oxygen atoms in total. The standard InChI is InChI=1S/C14H27N5O/c1-3-20-14(8-6-4-5-7-9-14)12(18-15)10-13-16-11-17-19(13)2/h11-12,18H,3-10,15H2,1-2H3. The predicted octanol–water partition coefficient (Wildman–Crippen LogP) is 1.32. The highest BCUT2D eigenvalue weighted by Gasteiger charge is 2.40. The zero-order valence-electron chi connectivity index (χ0n) is 12.6. The Hall–Kier alpha value is -0.980. The summed E-state index contributed by atoms with van der Waals surface area (Å²) >= 11 is 0. The van der Waals surface area contributed by atoms with Crippen molar-refractivity contribution in [1.29, 1.82) is 0 Å². The summed E-state index contributed by atoms with van der Waals surface area (Å²) in [5.41, 5.74) is 2.81. The zero-order valence-corrected chi connectivity index (χ0v) is 12.6. The third-order valence-corrected chi connectivity index (χ3v) is 4.41. The molecule has 114 valence electrons. The molecule has 1 saturated carbocycles. The van der Waals surface area contributed by atoms with E-state index in [-0.39, 0.29) is 11.6 Å². The minimum atomic E-state index is -0.175. The monoisotopic (exact) mass is 281 g/mol. The summed E-state index contributed by atoms with van der Waals surface area (Å²) in [6.45, 7) is 2.78. The van der Waals surface area contributed by atoms with E-state index in [0.29, 0.717) is 0 Å². The van der Waals surface area contributed by atoms with Gasteiger partial charge in [-0.05, 0) is 19.8 Å². The molecular formula is C14H27N5O. The van der Waals surface area contributed by atoms with Crippen LogP contribution in [0.3, 0.4) is 0 Å². The lowest BCUT2D eigenvalue weighted by molar-refractivity contribution is -0.0773. The number of ether oxygens (including phenoxy) is 1. The molecule has 0 bridgehead atoms. The van der Waals surface area contributed by atoms with Gasteiger partial charge in [0.2, 0.25) is 0 Å². The Bertz CT molecular complexity index is 398. The molecule has 0 amide bonds. The number of nitrogens with two attached hydrogens (primary N) is 1. The maximum atomic E-state index is 6.19. The first-order chi connectivity index (χ1) is 9.72. The summed E-state index contributed by atoms with van der Waals surface area (Å²) in [7, 11) is 1.91. The lowest BCUT2D eigenvalue weighted by Crippen LogP contribution is -2.56. The van der Waals surface area contributed by atoms with Crippen molar-refractivity contribution in [3.05, 3.63) is 12.2 Å². The normalized spacial score (nSPS) is 20.6. The molecule has 6 heteroatoms. The van der Waals surface area contributed by atoms with E-state index in [1.807, 2.05) is 7.05 Å². The van der Waals surface area contributed by atoms with Crippen molar-refractivity contribution in [2.75, 3.05) is 6.61 Å². The van der Waals surface area contributed by atoms with Crippen LogP contribution in [-0.2, 0) is 18.2 Å². The van der Waals surface area contributed by atoms with Crippen LogP contribution in [0, 0.1) is 0 Å². The molecule has 0 radical (unpaired) electrons. The molecule has 3 N–H and O–H groups in total. The van der Waals surface area contributed by atoms with Crippen molar-refractivity contribution in [2.24, 2.45) is 12.9 Å². The topological polar surface area (TPSA) is 78.0 Å². The quantitative estimate of drug-likeness (QED) is 0.467. The van der Waals surface area contributed by atoms with Gasteiger partial charge in [0, 0.05) is 20.1 Å². The van der Waals surface area contributed by atoms with Gasteiger partial charge >= 0.3 is 0 Å². The summed E-state index contributed by atoms with van der Waals surface area (Å²) in [5, 5.41) is 4.13. The van der Waals surface area contributed by atoms with Crippen LogP contribution in [0.1, 0.15) is 51.3 Å². The third kappa shape index (κ3) is 3.37. The van der Waals surface area contributed by atoms with Gasteiger partial charge in [-0.25, -0.2) is 4.98 Å². The Balaban J connectivity index is 2.17. The van der Waals surface area contributed by atoms with Gasteiger partial charge in [0.25, 0.3) is 0 Å². The number of aryl methyl sites for hydroxylation is 1. The van der Waals surface area contributed by atoms with E-state index in [1.165, 1.54) is 25.7 Å². The zero-order chi connectivity index (χ0) is 14.4. The van der Waals surface area contributed by atoms with Gasteiger partial charge in [-0.1, -0.05) is 25.7 Å². The number of hydrogen-bond acceptors (Lipinski definition) is 5. The van der Waals surface area contributed by atoms with E-state index < -0.39 is 0 Å². The van der Waals surface area contributed by atoms with E-state index in [9.17, 15) is 0 Å². The summed E-state index contributed by atoms with van der Waals surface area (Å²) in [6.07, 6.45) is 9.44. The first kappa shape index (κ1) is 15.4. The lowest BCUT2D eigenvalue weighted by Gasteiger charge is -2.39. The highest BCUT2D eigenvalue weighted by atomic mass is 16.5. The largest absolute Gasteiger partial charge is 0.374 e. The summed E-state index contributed by atoms with van der Waals surface area (Å²) < 4.78 is 8.00. The van der Waals surface area contributed by atoms with Crippen LogP contribution in [0.2, 0.25) is 0 Å². The smallest absolute Gasteiger partial charge is 0.138 e. The van der Waals surface area contributed by atoms with Crippen LogP contribution >= 0.6 is 0 Å². The fourth-order valence-corrected chi connectivity index (χ4v) is 3.29. The molecule has 1 unspecified atom stereocenters. The maximum Gasteiger partial charge on any atom is 0.138 e. The first-order valence-corrected chi connectivity index (χ1v) is 7.65. The Morgan fingerprint density at radius 3 is 2.60 bits per heavy atom. The van der Waals surface area contributed by atoms with E-state index in [2.05, 4.69) is 22.4 Å². The second-order valence-corrected chi connectivity index (χ2v) is 5.64. The second kappa shape index (κ2) is 7.15. The Morgan fingerprint density at radius 1 is 1.40 bits per heavy atom. The number of hydrogen-bond donors (Lipinski definition) is 2. The van der Waals surface area contributed by atoms with Gasteiger partial charge in [0.05, 0.1) is 11.6 Å². The molecule has 0 aromatic carbocycles. The molecule has 20 heavy (non-hydrogen) atoms. The number of nitrogens with zero attached hydrogens (tertiary/aromatic N) is 3. The molecular weight excluding hydrogens is 254 g/mol. The van der Waals surface area contributed by atoms with Crippen LogP contribution in [0.15, 0.2) is 6.33 Å². The molecule has 2 rings (SSSR count). The molecule has 1 aliphatic carbocycles. The van der Waals surface area contributed by atoms with Crippen LogP contribution in [0.4, 0.5) is 0 Å². The van der Waals surface area contributed by atoms with Gasteiger partial charge in [-0.15, -0.1) is 0 Å². The van der Waals surface area contributed by atoms with Gasteiger partial charge < -0.3 is 4.74 Å². The van der Waals surface area contributed by atoms with Gasteiger partial charge in [0.1, 0.15) is 12.2 Å². The molecule has 1 fully saturated rings. The number of rotatable bonds is 6. The fourth-order valence-electron chi connectivity index (χ4n) is 3.29. The van der Waals surface area contributed by atoms with E-state index in [1.54, 1.807) is 11.0 Å². The van der Waals surface area contributed by atoms with E-state index in [0.717, 1.165) is 31.7 Å². The van der Waals surface area contributed by atoms with Crippen molar-refractivity contribution >= 4 is 0 Å². The molecule has 1 heterocycles. The SMILES string of the molecule is CCOC1(C(Cc2ncnn2C)NN)CCCCCC1.